The van der Waals surface area contributed by atoms with E-state index in [2.05, 4.69) is 0 Å². The van der Waals surface area contributed by atoms with Crippen LogP contribution < -0.4 is 5.73 Å². The lowest BCUT2D eigenvalue weighted by Gasteiger charge is -2.27. The van der Waals surface area contributed by atoms with Crippen LogP contribution in [0.1, 0.15) is 19.3 Å². The number of nitrogens with zero attached hydrogens (tertiary/aromatic N) is 2. The zero-order chi connectivity index (χ0) is 13.3. The predicted molar refractivity (Wildman–Crippen MR) is 61.6 cm³/mol. The summed E-state index contributed by atoms with van der Waals surface area (Å²) in [6.45, 7) is 1.24. The summed E-state index contributed by atoms with van der Waals surface area (Å²) in [4.78, 5) is 37.1. The molecule has 2 aliphatic rings. The first-order valence-electron chi connectivity index (χ1n) is 6.08. The highest BCUT2D eigenvalue weighted by Crippen LogP contribution is 2.23. The van der Waals surface area contributed by atoms with Gasteiger partial charge in [0.15, 0.2) is 0 Å². The first-order valence-corrected chi connectivity index (χ1v) is 6.08. The van der Waals surface area contributed by atoms with Crippen LogP contribution >= 0.6 is 0 Å². The maximum Gasteiger partial charge on any atom is 0.326 e. The van der Waals surface area contributed by atoms with Crippen LogP contribution in [0.25, 0.3) is 0 Å². The Morgan fingerprint density at radius 2 is 1.89 bits per heavy atom. The molecule has 3 amide bonds. The van der Waals surface area contributed by atoms with Gasteiger partial charge in [-0.2, -0.15) is 0 Å². The number of likely N-dealkylation sites (tertiary alicyclic amines) is 2. The lowest BCUT2D eigenvalue weighted by atomic mass is 10.1. The van der Waals surface area contributed by atoms with Gasteiger partial charge in [0.2, 0.25) is 5.91 Å². The van der Waals surface area contributed by atoms with Gasteiger partial charge in [-0.1, -0.05) is 0 Å². The molecule has 2 aliphatic heterocycles. The fraction of sp³-hybridized carbons (Fsp3) is 0.727. The van der Waals surface area contributed by atoms with Crippen LogP contribution in [0.5, 0.6) is 0 Å². The second-order valence-electron chi connectivity index (χ2n) is 4.81. The number of carboxylic acids is 1. The second-order valence-corrected chi connectivity index (χ2v) is 4.81. The van der Waals surface area contributed by atoms with Gasteiger partial charge in [-0.05, 0) is 19.3 Å². The molecule has 18 heavy (non-hydrogen) atoms. The van der Waals surface area contributed by atoms with Gasteiger partial charge in [0.25, 0.3) is 0 Å². The number of amides is 3. The Balaban J connectivity index is 2.00. The molecule has 2 fully saturated rings. The number of hydrogen-bond acceptors (Lipinski definition) is 3. The van der Waals surface area contributed by atoms with Crippen LogP contribution in [0.2, 0.25) is 0 Å². The largest absolute Gasteiger partial charge is 0.480 e. The highest BCUT2D eigenvalue weighted by Gasteiger charge is 2.39. The first-order chi connectivity index (χ1) is 8.50. The molecule has 0 aliphatic carbocycles. The molecule has 7 heteroatoms. The Labute approximate surface area is 105 Å². The summed E-state index contributed by atoms with van der Waals surface area (Å²) >= 11 is 0. The lowest BCUT2D eigenvalue weighted by Crippen LogP contribution is -2.47. The van der Waals surface area contributed by atoms with Gasteiger partial charge in [0, 0.05) is 19.6 Å². The minimum absolute atomic E-state index is 0.288. The molecular weight excluding hydrogens is 238 g/mol. The molecule has 3 N–H and O–H groups in total. The van der Waals surface area contributed by atoms with Crippen LogP contribution in [0, 0.1) is 5.92 Å². The maximum absolute atomic E-state index is 12.2. The number of primary amides is 1. The Hall–Kier alpha value is -1.79. The minimum atomic E-state index is -0.966. The summed E-state index contributed by atoms with van der Waals surface area (Å²) in [5.41, 5.74) is 5.20. The quantitative estimate of drug-likeness (QED) is 0.691. The van der Waals surface area contributed by atoms with E-state index in [9.17, 15) is 14.4 Å². The molecule has 2 atom stereocenters. The molecular formula is C11H17N3O4. The van der Waals surface area contributed by atoms with Crippen LogP contribution in [0.4, 0.5) is 4.79 Å². The topological polar surface area (TPSA) is 104 Å². The molecule has 0 aromatic heterocycles. The van der Waals surface area contributed by atoms with Crippen molar-refractivity contribution < 1.29 is 19.5 Å². The number of hydrogen-bond donors (Lipinski definition) is 2. The monoisotopic (exact) mass is 255 g/mol. The normalized spacial score (nSPS) is 27.6. The number of carbonyl (C=O) groups is 3. The van der Waals surface area contributed by atoms with Crippen LogP contribution in [-0.2, 0) is 9.59 Å². The summed E-state index contributed by atoms with van der Waals surface area (Å²) < 4.78 is 0. The summed E-state index contributed by atoms with van der Waals surface area (Å²) in [6.07, 6.45) is 1.76. The van der Waals surface area contributed by atoms with E-state index in [1.54, 1.807) is 0 Å². The number of carbonyl (C=O) groups excluding carboxylic acids is 2. The molecule has 0 spiro atoms. The van der Waals surface area contributed by atoms with E-state index in [0.29, 0.717) is 38.9 Å². The van der Waals surface area contributed by atoms with Gasteiger partial charge in [0.05, 0.1) is 5.92 Å². The van der Waals surface area contributed by atoms with Gasteiger partial charge in [-0.25, -0.2) is 9.59 Å². The fourth-order valence-electron chi connectivity index (χ4n) is 2.60. The summed E-state index contributed by atoms with van der Waals surface area (Å²) in [7, 11) is 0. The van der Waals surface area contributed by atoms with E-state index in [1.807, 2.05) is 0 Å². The number of rotatable bonds is 2. The molecule has 2 heterocycles. The molecule has 0 radical (unpaired) electrons. The third-order valence-corrected chi connectivity index (χ3v) is 3.64. The van der Waals surface area contributed by atoms with Crippen molar-refractivity contribution in [1.82, 2.24) is 9.80 Å². The van der Waals surface area contributed by atoms with E-state index < -0.39 is 17.9 Å². The molecule has 0 saturated carbocycles. The van der Waals surface area contributed by atoms with Gasteiger partial charge in [-0.3, -0.25) is 4.79 Å². The lowest BCUT2D eigenvalue weighted by molar-refractivity contribution is -0.141. The van der Waals surface area contributed by atoms with E-state index in [-0.39, 0.29) is 11.9 Å². The van der Waals surface area contributed by atoms with E-state index >= 15 is 0 Å². The van der Waals surface area contributed by atoms with E-state index in [1.165, 1.54) is 9.80 Å². The van der Waals surface area contributed by atoms with Crippen LogP contribution in [-0.4, -0.2) is 58.5 Å². The van der Waals surface area contributed by atoms with Crippen molar-refractivity contribution in [3.8, 4) is 0 Å². The van der Waals surface area contributed by atoms with Gasteiger partial charge < -0.3 is 20.6 Å². The molecule has 0 aromatic carbocycles. The zero-order valence-electron chi connectivity index (χ0n) is 10.0. The van der Waals surface area contributed by atoms with Crippen molar-refractivity contribution in [1.29, 1.82) is 0 Å². The van der Waals surface area contributed by atoms with Crippen molar-refractivity contribution in [3.05, 3.63) is 0 Å². The molecule has 0 aromatic rings. The SMILES string of the molecule is NC(=O)C1CCN(C(=O)N2CCC[C@H]2C(=O)O)C1. The smallest absolute Gasteiger partial charge is 0.326 e. The Kier molecular flexibility index (Phi) is 3.40. The number of urea groups is 1. The van der Waals surface area contributed by atoms with Gasteiger partial charge in [0.1, 0.15) is 6.04 Å². The van der Waals surface area contributed by atoms with Crippen molar-refractivity contribution in [2.24, 2.45) is 11.7 Å². The third-order valence-electron chi connectivity index (χ3n) is 3.64. The van der Waals surface area contributed by atoms with Crippen molar-refractivity contribution in [3.63, 3.8) is 0 Å². The Morgan fingerprint density at radius 1 is 1.17 bits per heavy atom. The van der Waals surface area contributed by atoms with Crippen molar-refractivity contribution in [2.75, 3.05) is 19.6 Å². The predicted octanol–water partition coefficient (Wildman–Crippen LogP) is -0.537. The molecule has 2 rings (SSSR count). The molecule has 7 nitrogen and oxygen atoms in total. The van der Waals surface area contributed by atoms with E-state index in [0.717, 1.165) is 0 Å². The fourth-order valence-corrected chi connectivity index (χ4v) is 2.60. The second kappa shape index (κ2) is 4.83. The summed E-state index contributed by atoms with van der Waals surface area (Å²) in [6, 6.07) is -1.02. The molecule has 1 unspecified atom stereocenters. The average molecular weight is 255 g/mol. The van der Waals surface area contributed by atoms with E-state index in [4.69, 9.17) is 10.8 Å². The zero-order valence-corrected chi connectivity index (χ0v) is 10.0. The molecule has 0 bridgehead atoms. The standard InChI is InChI=1S/C11H17N3O4/c12-9(15)7-3-5-13(6-7)11(18)14-4-1-2-8(14)10(16)17/h7-8H,1-6H2,(H2,12,15)(H,16,17)/t7?,8-/m0/s1. The highest BCUT2D eigenvalue weighted by molar-refractivity contribution is 5.84. The summed E-state index contributed by atoms with van der Waals surface area (Å²) in [5, 5.41) is 9.03. The Morgan fingerprint density at radius 3 is 2.44 bits per heavy atom. The van der Waals surface area contributed by atoms with Gasteiger partial charge >= 0.3 is 12.0 Å². The summed E-state index contributed by atoms with van der Waals surface area (Å²) in [5.74, 6) is -1.67. The van der Waals surface area contributed by atoms with Gasteiger partial charge in [-0.15, -0.1) is 0 Å². The molecule has 2 saturated heterocycles. The average Bonchev–Trinajstić information content (AvgIpc) is 2.97. The van der Waals surface area contributed by atoms with Crippen LogP contribution in [0.15, 0.2) is 0 Å². The Bertz CT molecular complexity index is 384. The third kappa shape index (κ3) is 2.25. The minimum Gasteiger partial charge on any atom is -0.480 e. The van der Waals surface area contributed by atoms with Crippen molar-refractivity contribution in [2.45, 2.75) is 25.3 Å². The number of carboxylic acid groups (broad SMARTS) is 1. The number of nitrogens with two attached hydrogens (primary N) is 1. The number of aliphatic carboxylic acids is 1. The van der Waals surface area contributed by atoms with Crippen molar-refractivity contribution >= 4 is 17.9 Å². The molecule has 100 valence electrons. The highest BCUT2D eigenvalue weighted by atomic mass is 16.4. The first kappa shape index (κ1) is 12.7. The maximum atomic E-state index is 12.2. The van der Waals surface area contributed by atoms with Crippen LogP contribution in [0.3, 0.4) is 0 Å².